The molecule has 0 heterocycles. The number of carbonyl (C=O) groups is 2. The normalized spacial score (nSPS) is 10.6. The van der Waals surface area contributed by atoms with Crippen molar-refractivity contribution in [3.8, 4) is 11.5 Å². The Morgan fingerprint density at radius 2 is 1.46 bits per heavy atom. The summed E-state index contributed by atoms with van der Waals surface area (Å²) in [6.45, 7) is 5.59. The van der Waals surface area contributed by atoms with Crippen molar-refractivity contribution >= 4 is 33.4 Å². The molecular formula is C21H26BrN3O3. The summed E-state index contributed by atoms with van der Waals surface area (Å²) in [4.78, 5) is 27.8. The Labute approximate surface area is 174 Å². The molecule has 7 heteroatoms. The lowest BCUT2D eigenvalue weighted by atomic mass is 10.3. The number of amides is 2. The second-order valence-electron chi connectivity index (χ2n) is 6.37. The second kappa shape index (κ2) is 10.8. The van der Waals surface area contributed by atoms with Crippen LogP contribution in [-0.2, 0) is 9.59 Å². The van der Waals surface area contributed by atoms with E-state index in [4.69, 9.17) is 4.74 Å². The minimum Gasteiger partial charge on any atom is -0.457 e. The molecule has 1 N–H and O–H groups in total. The van der Waals surface area contributed by atoms with E-state index in [0.29, 0.717) is 24.5 Å². The van der Waals surface area contributed by atoms with Gasteiger partial charge in [0.1, 0.15) is 11.5 Å². The largest absolute Gasteiger partial charge is 0.457 e. The van der Waals surface area contributed by atoms with Gasteiger partial charge in [0.2, 0.25) is 11.8 Å². The van der Waals surface area contributed by atoms with Crippen LogP contribution in [0.15, 0.2) is 53.0 Å². The summed E-state index contributed by atoms with van der Waals surface area (Å²) >= 11 is 3.39. The van der Waals surface area contributed by atoms with Gasteiger partial charge >= 0.3 is 0 Å². The summed E-state index contributed by atoms with van der Waals surface area (Å²) < 4.78 is 6.75. The number of halogens is 1. The average Bonchev–Trinajstić information content (AvgIpc) is 2.66. The molecule has 28 heavy (non-hydrogen) atoms. The molecule has 2 amide bonds. The van der Waals surface area contributed by atoms with Crippen molar-refractivity contribution in [1.82, 2.24) is 9.80 Å². The number of carbonyl (C=O) groups excluding carboxylic acids is 2. The molecule has 0 radical (unpaired) electrons. The SMILES string of the molecule is CCN(CC)C(=O)CN(C)CC(=O)Nc1ccc(Oc2ccc(Br)cc2)cc1. The van der Waals surface area contributed by atoms with E-state index in [1.165, 1.54) is 0 Å². The van der Waals surface area contributed by atoms with Gasteiger partial charge in [0, 0.05) is 23.2 Å². The number of hydrogen-bond donors (Lipinski definition) is 1. The number of benzene rings is 2. The minimum atomic E-state index is -0.170. The number of anilines is 1. The van der Waals surface area contributed by atoms with Crippen LogP contribution in [-0.4, -0.2) is 54.8 Å². The molecule has 0 aromatic heterocycles. The first-order valence-electron chi connectivity index (χ1n) is 9.21. The van der Waals surface area contributed by atoms with Crippen LogP contribution in [0.3, 0.4) is 0 Å². The lowest BCUT2D eigenvalue weighted by molar-refractivity contribution is -0.132. The standard InChI is InChI=1S/C21H26BrN3O3/c1-4-25(5-2)21(27)15-24(3)14-20(26)23-17-8-12-19(13-9-17)28-18-10-6-16(22)7-11-18/h6-13H,4-5,14-15H2,1-3H3,(H,23,26). The predicted octanol–water partition coefficient (Wildman–Crippen LogP) is 3.98. The fourth-order valence-corrected chi connectivity index (χ4v) is 2.92. The van der Waals surface area contributed by atoms with E-state index in [1.807, 2.05) is 38.1 Å². The van der Waals surface area contributed by atoms with E-state index < -0.39 is 0 Å². The molecule has 0 fully saturated rings. The topological polar surface area (TPSA) is 61.9 Å². The Kier molecular flexibility index (Phi) is 8.47. The summed E-state index contributed by atoms with van der Waals surface area (Å²) in [5.41, 5.74) is 0.677. The molecule has 0 spiro atoms. The maximum atomic E-state index is 12.2. The van der Waals surface area contributed by atoms with Crippen LogP contribution < -0.4 is 10.1 Å². The Balaban J connectivity index is 1.83. The van der Waals surface area contributed by atoms with Crippen LogP contribution in [0.4, 0.5) is 5.69 Å². The Hall–Kier alpha value is -2.38. The maximum absolute atomic E-state index is 12.2. The van der Waals surface area contributed by atoms with Crippen molar-refractivity contribution in [3.63, 3.8) is 0 Å². The molecule has 2 aromatic rings. The smallest absolute Gasteiger partial charge is 0.238 e. The molecule has 2 rings (SSSR count). The predicted molar refractivity (Wildman–Crippen MR) is 115 cm³/mol. The summed E-state index contributed by atoms with van der Waals surface area (Å²) in [5.74, 6) is 1.27. The van der Waals surface area contributed by atoms with Crippen LogP contribution >= 0.6 is 15.9 Å². The van der Waals surface area contributed by atoms with Gasteiger partial charge in [0.25, 0.3) is 0 Å². The molecule has 0 aliphatic heterocycles. The number of nitrogens with zero attached hydrogens (tertiary/aromatic N) is 2. The molecule has 0 aliphatic carbocycles. The summed E-state index contributed by atoms with van der Waals surface area (Å²) in [7, 11) is 1.76. The fraction of sp³-hybridized carbons (Fsp3) is 0.333. The van der Waals surface area contributed by atoms with Crippen LogP contribution in [0.25, 0.3) is 0 Å². The van der Waals surface area contributed by atoms with Gasteiger partial charge in [-0.1, -0.05) is 15.9 Å². The Morgan fingerprint density at radius 3 is 2.00 bits per heavy atom. The van der Waals surface area contributed by atoms with Gasteiger partial charge in [0.15, 0.2) is 0 Å². The second-order valence-corrected chi connectivity index (χ2v) is 7.28. The summed E-state index contributed by atoms with van der Waals surface area (Å²) in [6.07, 6.45) is 0. The number of ether oxygens (including phenoxy) is 1. The number of hydrogen-bond acceptors (Lipinski definition) is 4. The zero-order valence-electron chi connectivity index (χ0n) is 16.4. The quantitative estimate of drug-likeness (QED) is 0.631. The third kappa shape index (κ3) is 6.98. The third-order valence-corrected chi connectivity index (χ3v) is 4.65. The van der Waals surface area contributed by atoms with Gasteiger partial charge in [0.05, 0.1) is 13.1 Å². The average molecular weight is 448 g/mol. The molecule has 0 atom stereocenters. The summed E-state index contributed by atoms with van der Waals surface area (Å²) in [5, 5.41) is 2.83. The summed E-state index contributed by atoms with van der Waals surface area (Å²) in [6, 6.07) is 14.7. The van der Waals surface area contributed by atoms with Crippen LogP contribution in [0.5, 0.6) is 11.5 Å². The third-order valence-electron chi connectivity index (χ3n) is 4.12. The molecule has 0 bridgehead atoms. The highest BCUT2D eigenvalue weighted by atomic mass is 79.9. The number of nitrogens with one attached hydrogen (secondary N) is 1. The van der Waals surface area contributed by atoms with Crippen LogP contribution in [0.1, 0.15) is 13.8 Å². The van der Waals surface area contributed by atoms with Crippen molar-refractivity contribution < 1.29 is 14.3 Å². The maximum Gasteiger partial charge on any atom is 0.238 e. The Bertz CT molecular complexity index is 774. The molecule has 150 valence electrons. The molecule has 0 unspecified atom stereocenters. The molecule has 0 saturated heterocycles. The molecule has 6 nitrogen and oxygen atoms in total. The first-order valence-corrected chi connectivity index (χ1v) is 10.00. The molecule has 0 aliphatic rings. The number of rotatable bonds is 9. The first kappa shape index (κ1) is 21.9. The zero-order valence-corrected chi connectivity index (χ0v) is 18.0. The van der Waals surface area contributed by atoms with Crippen molar-refractivity contribution in [2.45, 2.75) is 13.8 Å². The van der Waals surface area contributed by atoms with Crippen molar-refractivity contribution in [1.29, 1.82) is 0 Å². The minimum absolute atomic E-state index is 0.0229. The lowest BCUT2D eigenvalue weighted by Gasteiger charge is -2.22. The number of likely N-dealkylation sites (N-methyl/N-ethyl adjacent to an activating group) is 2. The fourth-order valence-electron chi connectivity index (χ4n) is 2.65. The van der Waals surface area contributed by atoms with E-state index in [0.717, 1.165) is 10.2 Å². The zero-order chi connectivity index (χ0) is 20.5. The van der Waals surface area contributed by atoms with Crippen LogP contribution in [0.2, 0.25) is 0 Å². The van der Waals surface area contributed by atoms with E-state index >= 15 is 0 Å². The van der Waals surface area contributed by atoms with Crippen LogP contribution in [0, 0.1) is 0 Å². The van der Waals surface area contributed by atoms with Crippen molar-refractivity contribution in [3.05, 3.63) is 53.0 Å². The van der Waals surface area contributed by atoms with E-state index in [-0.39, 0.29) is 24.9 Å². The van der Waals surface area contributed by atoms with E-state index in [9.17, 15) is 9.59 Å². The molecular weight excluding hydrogens is 422 g/mol. The highest BCUT2D eigenvalue weighted by Crippen LogP contribution is 2.24. The first-order chi connectivity index (χ1) is 13.4. The van der Waals surface area contributed by atoms with Gasteiger partial charge in [-0.15, -0.1) is 0 Å². The highest BCUT2D eigenvalue weighted by Gasteiger charge is 2.14. The Morgan fingerprint density at radius 1 is 0.929 bits per heavy atom. The van der Waals surface area contributed by atoms with Gasteiger partial charge in [-0.25, -0.2) is 0 Å². The van der Waals surface area contributed by atoms with Gasteiger partial charge in [-0.05, 0) is 69.4 Å². The van der Waals surface area contributed by atoms with E-state index in [2.05, 4.69) is 21.2 Å². The van der Waals surface area contributed by atoms with Gasteiger partial charge in [-0.2, -0.15) is 0 Å². The van der Waals surface area contributed by atoms with Crippen molar-refractivity contribution in [2.75, 3.05) is 38.5 Å². The monoisotopic (exact) mass is 447 g/mol. The van der Waals surface area contributed by atoms with E-state index in [1.54, 1.807) is 41.1 Å². The molecule has 2 aromatic carbocycles. The molecule has 0 saturated carbocycles. The van der Waals surface area contributed by atoms with Gasteiger partial charge in [-0.3, -0.25) is 14.5 Å². The lowest BCUT2D eigenvalue weighted by Crippen LogP contribution is -2.41. The van der Waals surface area contributed by atoms with Gasteiger partial charge < -0.3 is 15.0 Å². The van der Waals surface area contributed by atoms with Crippen molar-refractivity contribution in [2.24, 2.45) is 0 Å². The highest BCUT2D eigenvalue weighted by molar-refractivity contribution is 9.10.